The molecular formula is C19H17NO4. The van der Waals surface area contributed by atoms with Gasteiger partial charge < -0.3 is 4.74 Å². The third-order valence-electron chi connectivity index (χ3n) is 3.22. The van der Waals surface area contributed by atoms with Crippen LogP contribution in [0.1, 0.15) is 22.3 Å². The fourth-order valence-corrected chi connectivity index (χ4v) is 1.98. The Labute approximate surface area is 140 Å². The minimum atomic E-state index is -0.631. The average molecular weight is 323 g/mol. The van der Waals surface area contributed by atoms with E-state index in [2.05, 4.69) is 5.32 Å². The lowest BCUT2D eigenvalue weighted by Crippen LogP contribution is -2.30. The first kappa shape index (κ1) is 17.1. The summed E-state index contributed by atoms with van der Waals surface area (Å²) < 4.78 is 5.04. The zero-order chi connectivity index (χ0) is 17.4. The van der Waals surface area contributed by atoms with E-state index in [1.54, 1.807) is 67.8 Å². The van der Waals surface area contributed by atoms with Crippen LogP contribution in [0.4, 0.5) is 0 Å². The van der Waals surface area contributed by atoms with Crippen LogP contribution in [0.2, 0.25) is 0 Å². The maximum Gasteiger partial charge on any atom is 0.250 e. The summed E-state index contributed by atoms with van der Waals surface area (Å²) in [5.41, 5.74) is 1.23. The molecule has 5 heteroatoms. The van der Waals surface area contributed by atoms with Crippen LogP contribution < -0.4 is 10.1 Å². The Hall–Kier alpha value is -3.21. The number of carbonyl (C=O) groups excluding carboxylic acids is 3. The van der Waals surface area contributed by atoms with Gasteiger partial charge >= 0.3 is 0 Å². The lowest BCUT2D eigenvalue weighted by molar-refractivity contribution is -0.127. The number of imide groups is 1. The second-order valence-electron chi connectivity index (χ2n) is 4.98. The Morgan fingerprint density at radius 3 is 2.29 bits per heavy atom. The standard InChI is InChI=1S/C19H17NO4/c1-24-16-10-7-14(8-11-16)9-12-18(22)20-19(23)13-17(21)15-5-3-2-4-6-15/h2-12H,13H2,1H3,(H,20,22,23)/b12-9-. The monoisotopic (exact) mass is 323 g/mol. The summed E-state index contributed by atoms with van der Waals surface area (Å²) in [6, 6.07) is 15.6. The van der Waals surface area contributed by atoms with Crippen molar-refractivity contribution in [3.63, 3.8) is 0 Å². The summed E-state index contributed by atoms with van der Waals surface area (Å²) in [4.78, 5) is 35.3. The quantitative estimate of drug-likeness (QED) is 0.504. The zero-order valence-corrected chi connectivity index (χ0v) is 13.2. The molecule has 0 spiro atoms. The minimum absolute atomic E-state index is 0.333. The number of rotatable bonds is 6. The first-order valence-corrected chi connectivity index (χ1v) is 7.32. The van der Waals surface area contributed by atoms with Crippen LogP contribution in [0.5, 0.6) is 5.75 Å². The molecule has 0 aliphatic carbocycles. The highest BCUT2D eigenvalue weighted by atomic mass is 16.5. The van der Waals surface area contributed by atoms with E-state index in [1.165, 1.54) is 6.08 Å². The van der Waals surface area contributed by atoms with Crippen molar-refractivity contribution in [2.24, 2.45) is 0 Å². The number of benzene rings is 2. The van der Waals surface area contributed by atoms with E-state index in [0.717, 1.165) is 5.56 Å². The molecule has 0 saturated heterocycles. The maximum atomic E-state index is 11.9. The average Bonchev–Trinajstić information content (AvgIpc) is 2.61. The van der Waals surface area contributed by atoms with Crippen LogP contribution in [-0.4, -0.2) is 24.7 Å². The normalized spacial score (nSPS) is 10.4. The topological polar surface area (TPSA) is 72.5 Å². The number of nitrogens with one attached hydrogen (secondary N) is 1. The minimum Gasteiger partial charge on any atom is -0.497 e. The van der Waals surface area contributed by atoms with Gasteiger partial charge in [0.05, 0.1) is 13.5 Å². The molecule has 2 amide bonds. The van der Waals surface area contributed by atoms with E-state index in [-0.39, 0.29) is 12.2 Å². The van der Waals surface area contributed by atoms with Crippen molar-refractivity contribution < 1.29 is 19.1 Å². The Balaban J connectivity index is 1.85. The Morgan fingerprint density at radius 2 is 1.67 bits per heavy atom. The summed E-state index contributed by atoms with van der Waals surface area (Å²) in [5.74, 6) is -0.823. The second-order valence-corrected chi connectivity index (χ2v) is 4.98. The largest absolute Gasteiger partial charge is 0.497 e. The van der Waals surface area contributed by atoms with Crippen molar-refractivity contribution in [3.05, 3.63) is 71.8 Å². The number of ketones is 1. The molecule has 1 N–H and O–H groups in total. The van der Waals surface area contributed by atoms with Crippen molar-refractivity contribution in [3.8, 4) is 5.75 Å². The molecule has 0 aliphatic rings. The molecule has 24 heavy (non-hydrogen) atoms. The van der Waals surface area contributed by atoms with Gasteiger partial charge in [-0.1, -0.05) is 42.5 Å². The SMILES string of the molecule is COc1ccc(/C=C\C(=O)NC(=O)CC(=O)c2ccccc2)cc1. The molecule has 0 unspecified atom stereocenters. The van der Waals surface area contributed by atoms with Crippen LogP contribution >= 0.6 is 0 Å². The van der Waals surface area contributed by atoms with Gasteiger partial charge in [-0.3, -0.25) is 19.7 Å². The molecular weight excluding hydrogens is 306 g/mol. The molecule has 0 heterocycles. The lowest BCUT2D eigenvalue weighted by atomic mass is 10.1. The highest BCUT2D eigenvalue weighted by Gasteiger charge is 2.12. The molecule has 5 nitrogen and oxygen atoms in total. The number of carbonyl (C=O) groups is 3. The Bertz CT molecular complexity index is 749. The summed E-state index contributed by atoms with van der Waals surface area (Å²) in [5, 5.41) is 2.16. The van der Waals surface area contributed by atoms with Crippen molar-refractivity contribution >= 4 is 23.7 Å². The predicted octanol–water partition coefficient (Wildman–Crippen LogP) is 2.62. The van der Waals surface area contributed by atoms with Gasteiger partial charge in [-0.05, 0) is 23.8 Å². The van der Waals surface area contributed by atoms with Crippen LogP contribution in [0.15, 0.2) is 60.7 Å². The molecule has 2 aromatic rings. The summed E-state index contributed by atoms with van der Waals surface area (Å²) in [6.45, 7) is 0. The van der Waals surface area contributed by atoms with Gasteiger partial charge in [0.15, 0.2) is 5.78 Å². The number of ether oxygens (including phenoxy) is 1. The fraction of sp³-hybridized carbons (Fsp3) is 0.105. The van der Waals surface area contributed by atoms with Gasteiger partial charge in [0.2, 0.25) is 5.91 Å². The number of Topliss-reactive ketones (excluding diaryl/α,β-unsaturated/α-hetero) is 1. The van der Waals surface area contributed by atoms with E-state index in [4.69, 9.17) is 4.74 Å². The lowest BCUT2D eigenvalue weighted by Gasteiger charge is -2.02. The van der Waals surface area contributed by atoms with Gasteiger partial charge in [-0.15, -0.1) is 0 Å². The van der Waals surface area contributed by atoms with Crippen LogP contribution in [0.25, 0.3) is 6.08 Å². The summed E-state index contributed by atoms with van der Waals surface area (Å²) >= 11 is 0. The smallest absolute Gasteiger partial charge is 0.250 e. The summed E-state index contributed by atoms with van der Waals surface area (Å²) in [7, 11) is 1.57. The Kier molecular flexibility index (Phi) is 6.02. The molecule has 0 bridgehead atoms. The number of hydrogen-bond acceptors (Lipinski definition) is 4. The number of methoxy groups -OCH3 is 1. The summed E-state index contributed by atoms with van der Waals surface area (Å²) in [6.07, 6.45) is 2.44. The molecule has 0 fully saturated rings. The molecule has 2 rings (SSSR count). The molecule has 0 aliphatic heterocycles. The van der Waals surface area contributed by atoms with Crippen molar-refractivity contribution in [1.29, 1.82) is 0 Å². The second kappa shape index (κ2) is 8.43. The van der Waals surface area contributed by atoms with E-state index < -0.39 is 11.8 Å². The van der Waals surface area contributed by atoms with Crippen LogP contribution in [0, 0.1) is 0 Å². The number of amides is 2. The molecule has 0 radical (unpaired) electrons. The fourth-order valence-electron chi connectivity index (χ4n) is 1.98. The maximum absolute atomic E-state index is 11.9. The van der Waals surface area contributed by atoms with E-state index in [9.17, 15) is 14.4 Å². The molecule has 122 valence electrons. The third kappa shape index (κ3) is 5.21. The van der Waals surface area contributed by atoms with Crippen molar-refractivity contribution in [1.82, 2.24) is 5.32 Å². The van der Waals surface area contributed by atoms with E-state index >= 15 is 0 Å². The first-order chi connectivity index (χ1) is 11.6. The van der Waals surface area contributed by atoms with Gasteiger partial charge in [-0.25, -0.2) is 0 Å². The highest BCUT2D eigenvalue weighted by molar-refractivity contribution is 6.12. The third-order valence-corrected chi connectivity index (χ3v) is 3.22. The van der Waals surface area contributed by atoms with Gasteiger partial charge in [0.1, 0.15) is 5.75 Å². The predicted molar refractivity (Wildman–Crippen MR) is 90.6 cm³/mol. The molecule has 0 saturated carbocycles. The van der Waals surface area contributed by atoms with Gasteiger partial charge in [-0.2, -0.15) is 0 Å². The molecule has 0 atom stereocenters. The van der Waals surface area contributed by atoms with E-state index in [0.29, 0.717) is 11.3 Å². The van der Waals surface area contributed by atoms with Crippen LogP contribution in [0.3, 0.4) is 0 Å². The van der Waals surface area contributed by atoms with Gasteiger partial charge in [0, 0.05) is 11.6 Å². The Morgan fingerprint density at radius 1 is 1.00 bits per heavy atom. The zero-order valence-electron chi connectivity index (χ0n) is 13.2. The first-order valence-electron chi connectivity index (χ1n) is 7.32. The highest BCUT2D eigenvalue weighted by Crippen LogP contribution is 2.12. The van der Waals surface area contributed by atoms with Crippen LogP contribution in [-0.2, 0) is 9.59 Å². The van der Waals surface area contributed by atoms with E-state index in [1.807, 2.05) is 0 Å². The number of hydrogen-bond donors (Lipinski definition) is 1. The van der Waals surface area contributed by atoms with Crippen molar-refractivity contribution in [2.75, 3.05) is 7.11 Å². The molecule has 0 aromatic heterocycles. The van der Waals surface area contributed by atoms with Crippen molar-refractivity contribution in [2.45, 2.75) is 6.42 Å². The van der Waals surface area contributed by atoms with Gasteiger partial charge in [0.25, 0.3) is 5.91 Å². The molecule has 2 aromatic carbocycles.